The van der Waals surface area contributed by atoms with Gasteiger partial charge in [0.2, 0.25) is 0 Å². The van der Waals surface area contributed by atoms with Crippen LogP contribution in [0.1, 0.15) is 16.7 Å². The molecule has 138 valence electrons. The van der Waals surface area contributed by atoms with Crippen LogP contribution in [-0.4, -0.2) is 5.91 Å². The highest BCUT2D eigenvalue weighted by atomic mass is 35.5. The molecule has 0 fully saturated rings. The van der Waals surface area contributed by atoms with E-state index in [2.05, 4.69) is 5.32 Å². The fraction of sp³-hybridized carbons (Fsp3) is 0.0435. The molecule has 0 aliphatic heterocycles. The average molecular weight is 407 g/mol. The van der Waals surface area contributed by atoms with E-state index < -0.39 is 5.91 Å². The number of hydrogen-bond acceptors (Lipinski definition) is 2. The Morgan fingerprint density at radius 3 is 2.29 bits per heavy atom. The molecule has 0 heterocycles. The smallest absolute Gasteiger partial charge is 0.266 e. The van der Waals surface area contributed by atoms with Crippen LogP contribution in [-0.2, 0) is 11.2 Å². The lowest BCUT2D eigenvalue weighted by Gasteiger charge is -2.08. The van der Waals surface area contributed by atoms with Crippen LogP contribution in [0.15, 0.2) is 78.4 Å². The standard InChI is InChI=1S/C23H16Cl2N2O/c24-21-9-5-4-6-17(21)14-18-11-10-16(13-22(18)25)12-19(15-26)23(28)27-20-7-2-1-3-8-20/h1-13H,14H2,(H,27,28)/b19-12+. The van der Waals surface area contributed by atoms with Crippen molar-refractivity contribution >= 4 is 40.9 Å². The van der Waals surface area contributed by atoms with E-state index in [1.807, 2.05) is 60.7 Å². The second-order valence-electron chi connectivity index (χ2n) is 6.11. The summed E-state index contributed by atoms with van der Waals surface area (Å²) in [5, 5.41) is 13.3. The van der Waals surface area contributed by atoms with E-state index in [0.717, 1.165) is 11.1 Å². The normalized spacial score (nSPS) is 11.0. The summed E-state index contributed by atoms with van der Waals surface area (Å²) in [6.07, 6.45) is 2.12. The molecule has 0 radical (unpaired) electrons. The van der Waals surface area contributed by atoms with Crippen molar-refractivity contribution in [3.63, 3.8) is 0 Å². The van der Waals surface area contributed by atoms with Crippen molar-refractivity contribution in [1.29, 1.82) is 5.26 Å². The number of hydrogen-bond donors (Lipinski definition) is 1. The minimum absolute atomic E-state index is 0.00114. The summed E-state index contributed by atoms with van der Waals surface area (Å²) in [6.45, 7) is 0. The van der Waals surface area contributed by atoms with Crippen LogP contribution >= 0.6 is 23.2 Å². The summed E-state index contributed by atoms with van der Waals surface area (Å²) in [7, 11) is 0. The largest absolute Gasteiger partial charge is 0.321 e. The molecular weight excluding hydrogens is 391 g/mol. The molecule has 0 spiro atoms. The molecule has 1 N–H and O–H groups in total. The van der Waals surface area contributed by atoms with Gasteiger partial charge < -0.3 is 5.32 Å². The van der Waals surface area contributed by atoms with Crippen molar-refractivity contribution in [3.05, 3.63) is 105 Å². The van der Waals surface area contributed by atoms with Gasteiger partial charge in [-0.15, -0.1) is 0 Å². The minimum atomic E-state index is -0.468. The quantitative estimate of drug-likeness (QED) is 0.409. The van der Waals surface area contributed by atoms with Gasteiger partial charge in [-0.05, 0) is 47.0 Å². The first kappa shape index (κ1) is 19.7. The first-order valence-corrected chi connectivity index (χ1v) is 9.32. The Kier molecular flexibility index (Phi) is 6.49. The number of carbonyl (C=O) groups is 1. The number of nitrogens with zero attached hydrogens (tertiary/aromatic N) is 1. The average Bonchev–Trinajstić information content (AvgIpc) is 2.70. The zero-order valence-electron chi connectivity index (χ0n) is 14.8. The van der Waals surface area contributed by atoms with Crippen LogP contribution in [0.3, 0.4) is 0 Å². The van der Waals surface area contributed by atoms with Crippen molar-refractivity contribution < 1.29 is 4.79 Å². The molecule has 3 aromatic rings. The fourth-order valence-corrected chi connectivity index (χ4v) is 3.14. The third kappa shape index (κ3) is 5.01. The number of rotatable bonds is 5. The molecule has 0 saturated carbocycles. The number of amides is 1. The van der Waals surface area contributed by atoms with Crippen molar-refractivity contribution in [2.45, 2.75) is 6.42 Å². The van der Waals surface area contributed by atoms with E-state index in [0.29, 0.717) is 27.7 Å². The molecule has 0 saturated heterocycles. The zero-order chi connectivity index (χ0) is 19.9. The predicted octanol–water partition coefficient (Wildman–Crippen LogP) is 6.13. The van der Waals surface area contributed by atoms with Gasteiger partial charge >= 0.3 is 0 Å². The van der Waals surface area contributed by atoms with Crippen molar-refractivity contribution in [2.24, 2.45) is 0 Å². The maximum atomic E-state index is 12.3. The Labute approximate surface area is 173 Å². The van der Waals surface area contributed by atoms with Crippen molar-refractivity contribution in [3.8, 4) is 6.07 Å². The minimum Gasteiger partial charge on any atom is -0.321 e. The first-order chi connectivity index (χ1) is 13.6. The highest BCUT2D eigenvalue weighted by Gasteiger charge is 2.11. The third-order valence-electron chi connectivity index (χ3n) is 4.12. The predicted molar refractivity (Wildman–Crippen MR) is 114 cm³/mol. The summed E-state index contributed by atoms with van der Waals surface area (Å²) in [5.74, 6) is -0.468. The highest BCUT2D eigenvalue weighted by molar-refractivity contribution is 6.32. The van der Waals surface area contributed by atoms with E-state index in [1.54, 1.807) is 18.2 Å². The number of anilines is 1. The van der Waals surface area contributed by atoms with E-state index in [-0.39, 0.29) is 5.57 Å². The van der Waals surface area contributed by atoms with Gasteiger partial charge in [0.25, 0.3) is 5.91 Å². The van der Waals surface area contributed by atoms with Gasteiger partial charge in [0.05, 0.1) is 0 Å². The first-order valence-electron chi connectivity index (χ1n) is 8.57. The van der Waals surface area contributed by atoms with Gasteiger partial charge in [0.15, 0.2) is 0 Å². The van der Waals surface area contributed by atoms with E-state index in [4.69, 9.17) is 23.2 Å². The number of nitriles is 1. The Hall–Kier alpha value is -3.06. The molecule has 0 aliphatic rings. The number of carbonyl (C=O) groups excluding carboxylic acids is 1. The molecule has 3 aromatic carbocycles. The molecule has 0 aromatic heterocycles. The van der Waals surface area contributed by atoms with E-state index in [9.17, 15) is 10.1 Å². The number of para-hydroxylation sites is 1. The molecule has 5 heteroatoms. The maximum Gasteiger partial charge on any atom is 0.266 e. The monoisotopic (exact) mass is 406 g/mol. The summed E-state index contributed by atoms with van der Waals surface area (Å²) in [4.78, 5) is 12.3. The van der Waals surface area contributed by atoms with Gasteiger partial charge in [0.1, 0.15) is 11.6 Å². The third-order valence-corrected chi connectivity index (χ3v) is 4.84. The molecule has 28 heavy (non-hydrogen) atoms. The van der Waals surface area contributed by atoms with Crippen LogP contribution in [0.2, 0.25) is 10.0 Å². The number of benzene rings is 3. The Morgan fingerprint density at radius 1 is 0.929 bits per heavy atom. The Morgan fingerprint density at radius 2 is 1.61 bits per heavy atom. The number of halogens is 2. The van der Waals surface area contributed by atoms with Gasteiger partial charge in [-0.2, -0.15) is 5.26 Å². The molecule has 0 bridgehead atoms. The van der Waals surface area contributed by atoms with Crippen molar-refractivity contribution in [2.75, 3.05) is 5.32 Å². The highest BCUT2D eigenvalue weighted by Crippen LogP contribution is 2.25. The van der Waals surface area contributed by atoms with Gasteiger partial charge in [-0.1, -0.05) is 71.7 Å². The zero-order valence-corrected chi connectivity index (χ0v) is 16.3. The second-order valence-corrected chi connectivity index (χ2v) is 6.92. The summed E-state index contributed by atoms with van der Waals surface area (Å²) >= 11 is 12.6. The molecule has 3 nitrogen and oxygen atoms in total. The van der Waals surface area contributed by atoms with Crippen LogP contribution < -0.4 is 5.32 Å². The van der Waals surface area contributed by atoms with Gasteiger partial charge in [0, 0.05) is 22.2 Å². The lowest BCUT2D eigenvalue weighted by molar-refractivity contribution is -0.112. The Balaban J connectivity index is 1.79. The molecule has 0 atom stereocenters. The maximum absolute atomic E-state index is 12.3. The molecule has 0 unspecified atom stereocenters. The second kappa shape index (κ2) is 9.23. The molecule has 0 aliphatic carbocycles. The summed E-state index contributed by atoms with van der Waals surface area (Å²) < 4.78 is 0. The topological polar surface area (TPSA) is 52.9 Å². The van der Waals surface area contributed by atoms with Gasteiger partial charge in [-0.25, -0.2) is 0 Å². The van der Waals surface area contributed by atoms with E-state index in [1.165, 1.54) is 6.08 Å². The lowest BCUT2D eigenvalue weighted by Crippen LogP contribution is -2.13. The van der Waals surface area contributed by atoms with Crippen LogP contribution in [0.4, 0.5) is 5.69 Å². The van der Waals surface area contributed by atoms with Crippen LogP contribution in [0, 0.1) is 11.3 Å². The lowest BCUT2D eigenvalue weighted by atomic mass is 10.0. The van der Waals surface area contributed by atoms with Crippen LogP contribution in [0.5, 0.6) is 0 Å². The summed E-state index contributed by atoms with van der Waals surface area (Å²) in [6, 6.07) is 24.0. The van der Waals surface area contributed by atoms with Crippen LogP contribution in [0.25, 0.3) is 6.08 Å². The number of nitrogens with one attached hydrogen (secondary N) is 1. The molecule has 1 amide bonds. The van der Waals surface area contributed by atoms with E-state index >= 15 is 0 Å². The molecule has 3 rings (SSSR count). The van der Waals surface area contributed by atoms with Crippen molar-refractivity contribution in [1.82, 2.24) is 0 Å². The Bertz CT molecular complexity index is 1070. The SMILES string of the molecule is N#C/C(=C\c1ccc(Cc2ccccc2Cl)c(Cl)c1)C(=O)Nc1ccccc1. The molecular formula is C23H16Cl2N2O. The summed E-state index contributed by atoms with van der Waals surface area (Å²) in [5.41, 5.74) is 3.20. The fourth-order valence-electron chi connectivity index (χ4n) is 2.68. The van der Waals surface area contributed by atoms with Gasteiger partial charge in [-0.3, -0.25) is 4.79 Å².